The van der Waals surface area contributed by atoms with Crippen molar-refractivity contribution in [1.82, 2.24) is 9.13 Å². The van der Waals surface area contributed by atoms with Crippen LogP contribution in [-0.4, -0.2) is 79.1 Å². The Morgan fingerprint density at radius 2 is 0.950 bits per heavy atom. The number of rotatable bonds is 8. The molecule has 0 aromatic carbocycles. The summed E-state index contributed by atoms with van der Waals surface area (Å²) in [4.78, 5) is 26.0. The topological polar surface area (TPSA) is 168 Å². The average Bonchev–Trinajstić information content (AvgIpc) is 3.87. The average molecular weight is 559 g/mol. The summed E-state index contributed by atoms with van der Waals surface area (Å²) in [5.41, 5.74) is 2.74. The molecule has 0 spiro atoms. The minimum Gasteiger partial charge on any atom is -0.494 e. The highest BCUT2D eigenvalue weighted by atomic mass is 16.6. The molecule has 4 heterocycles. The fraction of sp³-hybridized carbons (Fsp3) is 0.643. The number of aromatic nitrogens is 2. The summed E-state index contributed by atoms with van der Waals surface area (Å²) in [5.74, 6) is -2.38. The number of nitrogens with zero attached hydrogens (tertiary/aromatic N) is 2. The molecule has 6 unspecified atom stereocenters. The van der Waals surface area contributed by atoms with E-state index in [0.717, 1.165) is 12.8 Å². The van der Waals surface area contributed by atoms with E-state index in [2.05, 4.69) is 0 Å². The highest BCUT2D eigenvalue weighted by Gasteiger charge is 2.47. The van der Waals surface area contributed by atoms with Crippen molar-refractivity contribution in [2.45, 2.75) is 88.9 Å². The molecule has 12 heteroatoms. The maximum atomic E-state index is 13.0. The molecule has 3 aliphatic carbocycles. The lowest BCUT2D eigenvalue weighted by molar-refractivity contribution is -0.163. The number of carbonyl (C=O) groups is 2. The Balaban J connectivity index is 0.930. The molecule has 0 bridgehead atoms. The summed E-state index contributed by atoms with van der Waals surface area (Å²) < 4.78 is 24.7. The zero-order chi connectivity index (χ0) is 27.7. The van der Waals surface area contributed by atoms with Crippen molar-refractivity contribution >= 4 is 11.9 Å². The molecule has 40 heavy (non-hydrogen) atoms. The molecule has 2 aromatic rings. The van der Waals surface area contributed by atoms with E-state index in [1.807, 2.05) is 0 Å². The lowest BCUT2D eigenvalue weighted by Crippen LogP contribution is -2.35. The molecule has 2 aromatic heterocycles. The van der Waals surface area contributed by atoms with Crippen LogP contribution in [0.4, 0.5) is 0 Å². The van der Waals surface area contributed by atoms with E-state index in [-0.39, 0.29) is 74.2 Å². The minimum atomic E-state index is -0.641. The third-order valence-corrected chi connectivity index (χ3v) is 9.32. The van der Waals surface area contributed by atoms with Gasteiger partial charge in [-0.05, 0) is 12.8 Å². The summed E-state index contributed by atoms with van der Waals surface area (Å²) in [7, 11) is 0. The van der Waals surface area contributed by atoms with Gasteiger partial charge in [0.15, 0.2) is 23.5 Å². The number of hydrogen-bond donors (Lipinski definition) is 4. The number of ether oxygens (including phenoxy) is 4. The Bertz CT molecular complexity index is 1190. The van der Waals surface area contributed by atoms with Crippen molar-refractivity contribution in [3.05, 3.63) is 22.3 Å². The molecular weight excluding hydrogens is 524 g/mol. The molecule has 5 aliphatic rings. The van der Waals surface area contributed by atoms with Crippen molar-refractivity contribution in [3.8, 4) is 23.5 Å². The van der Waals surface area contributed by atoms with Crippen molar-refractivity contribution in [1.29, 1.82) is 0 Å². The molecule has 3 fully saturated rings. The van der Waals surface area contributed by atoms with E-state index in [0.29, 0.717) is 60.8 Å². The van der Waals surface area contributed by atoms with Crippen LogP contribution in [0.3, 0.4) is 0 Å². The quantitative estimate of drug-likeness (QED) is 0.275. The summed E-state index contributed by atoms with van der Waals surface area (Å²) in [5, 5.41) is 42.4. The van der Waals surface area contributed by atoms with Gasteiger partial charge in [0.2, 0.25) is 0 Å². The van der Waals surface area contributed by atoms with Crippen LogP contribution in [0.15, 0.2) is 0 Å². The van der Waals surface area contributed by atoms with Crippen LogP contribution in [-0.2, 0) is 67.3 Å². The van der Waals surface area contributed by atoms with E-state index in [9.17, 15) is 30.0 Å². The predicted molar refractivity (Wildman–Crippen MR) is 135 cm³/mol. The van der Waals surface area contributed by atoms with Crippen molar-refractivity contribution in [2.75, 3.05) is 13.2 Å². The Kier molecular flexibility index (Phi) is 6.15. The highest BCUT2D eigenvalue weighted by molar-refractivity contribution is 5.82. The minimum absolute atomic E-state index is 0.0256. The Hall–Kier alpha value is -3.38. The SMILES string of the molecule is O=C(OCCn1c(O)c2c(c1O)CC1OC1C2)C1CCCCC1C(=O)OCCn1c(O)c2c(c1O)CC1OC1C2. The van der Waals surface area contributed by atoms with E-state index >= 15 is 0 Å². The molecule has 2 saturated heterocycles. The number of carbonyl (C=O) groups excluding carboxylic acids is 2. The molecule has 1 saturated carbocycles. The maximum Gasteiger partial charge on any atom is 0.309 e. The van der Waals surface area contributed by atoms with Gasteiger partial charge in [0, 0.05) is 47.9 Å². The van der Waals surface area contributed by atoms with Crippen LogP contribution in [0, 0.1) is 11.8 Å². The first-order valence-corrected chi connectivity index (χ1v) is 14.2. The number of esters is 2. The lowest BCUT2D eigenvalue weighted by atomic mass is 9.79. The first-order chi connectivity index (χ1) is 19.3. The van der Waals surface area contributed by atoms with Crippen molar-refractivity contribution < 1.29 is 49.0 Å². The zero-order valence-electron chi connectivity index (χ0n) is 22.1. The summed E-state index contributed by atoms with van der Waals surface area (Å²) in [6.45, 7) is 0.0727. The monoisotopic (exact) mass is 558 g/mol. The molecule has 0 amide bonds. The van der Waals surface area contributed by atoms with Gasteiger partial charge in [-0.15, -0.1) is 0 Å². The van der Waals surface area contributed by atoms with Gasteiger partial charge in [-0.2, -0.15) is 0 Å². The second kappa shape index (κ2) is 9.62. The van der Waals surface area contributed by atoms with Gasteiger partial charge in [0.25, 0.3) is 0 Å². The highest BCUT2D eigenvalue weighted by Crippen LogP contribution is 2.46. The van der Waals surface area contributed by atoms with Crippen LogP contribution < -0.4 is 0 Å². The van der Waals surface area contributed by atoms with Gasteiger partial charge in [-0.3, -0.25) is 18.7 Å². The normalized spacial score (nSPS) is 29.5. The third-order valence-electron chi connectivity index (χ3n) is 9.32. The molecule has 0 radical (unpaired) electrons. The first kappa shape index (κ1) is 25.6. The standard InChI is InChI=1S/C28H34N2O10/c31-23-15-9-19-20(39-19)10-16(15)24(32)29(23)5-7-37-27(35)13-3-1-2-4-14(13)28(36)38-8-6-30-25(33)17-11-21-22(40-21)12-18(17)26(30)34/h13-14,19-22,31-34H,1-12H2. The fourth-order valence-electron chi connectivity index (χ4n) is 6.94. The first-order valence-electron chi connectivity index (χ1n) is 14.2. The maximum absolute atomic E-state index is 13.0. The van der Waals surface area contributed by atoms with Gasteiger partial charge in [0.1, 0.15) is 13.2 Å². The second-order valence-electron chi connectivity index (χ2n) is 11.6. The predicted octanol–water partition coefficient (Wildman–Crippen LogP) is 1.44. The van der Waals surface area contributed by atoms with Crippen molar-refractivity contribution in [2.24, 2.45) is 11.8 Å². The number of fused-ring (bicyclic) bond motifs is 4. The smallest absolute Gasteiger partial charge is 0.309 e. The van der Waals surface area contributed by atoms with Gasteiger partial charge < -0.3 is 39.4 Å². The van der Waals surface area contributed by atoms with Crippen LogP contribution in [0.2, 0.25) is 0 Å². The Morgan fingerprint density at radius 1 is 0.625 bits per heavy atom. The molecule has 2 aliphatic heterocycles. The lowest BCUT2D eigenvalue weighted by Gasteiger charge is -2.28. The Labute approximate surface area is 230 Å². The van der Waals surface area contributed by atoms with Gasteiger partial charge in [0.05, 0.1) is 49.3 Å². The van der Waals surface area contributed by atoms with E-state index in [1.165, 1.54) is 9.13 Å². The van der Waals surface area contributed by atoms with Gasteiger partial charge in [-0.1, -0.05) is 12.8 Å². The zero-order valence-corrected chi connectivity index (χ0v) is 22.1. The molecule has 6 atom stereocenters. The van der Waals surface area contributed by atoms with Crippen molar-refractivity contribution in [3.63, 3.8) is 0 Å². The molecule has 7 rings (SSSR count). The second-order valence-corrected chi connectivity index (χ2v) is 11.6. The molecule has 12 nitrogen and oxygen atoms in total. The van der Waals surface area contributed by atoms with E-state index in [1.54, 1.807) is 0 Å². The molecule has 4 N–H and O–H groups in total. The van der Waals surface area contributed by atoms with Crippen LogP contribution in [0.1, 0.15) is 47.9 Å². The largest absolute Gasteiger partial charge is 0.494 e. The van der Waals surface area contributed by atoms with Crippen LogP contribution in [0.25, 0.3) is 0 Å². The third kappa shape index (κ3) is 4.28. The fourth-order valence-corrected chi connectivity index (χ4v) is 6.94. The Morgan fingerprint density at radius 3 is 1.27 bits per heavy atom. The summed E-state index contributed by atoms with van der Waals surface area (Å²) in [6, 6.07) is 0. The molecule has 216 valence electrons. The number of hydrogen-bond acceptors (Lipinski definition) is 10. The summed E-state index contributed by atoms with van der Waals surface area (Å²) >= 11 is 0. The van der Waals surface area contributed by atoms with Crippen LogP contribution >= 0.6 is 0 Å². The van der Waals surface area contributed by atoms with Crippen LogP contribution in [0.5, 0.6) is 23.5 Å². The van der Waals surface area contributed by atoms with E-state index in [4.69, 9.17) is 18.9 Å². The van der Waals surface area contributed by atoms with Gasteiger partial charge in [-0.25, -0.2) is 0 Å². The number of epoxide rings is 2. The van der Waals surface area contributed by atoms with E-state index < -0.39 is 23.8 Å². The summed E-state index contributed by atoms with van der Waals surface area (Å²) in [6.07, 6.45) is 5.21. The molecular formula is C28H34N2O10. The van der Waals surface area contributed by atoms with Gasteiger partial charge >= 0.3 is 11.9 Å². The number of aromatic hydroxyl groups is 4.